The van der Waals surface area contributed by atoms with Gasteiger partial charge in [-0.25, -0.2) is 0 Å². The van der Waals surface area contributed by atoms with E-state index >= 15 is 0 Å². The van der Waals surface area contributed by atoms with E-state index in [2.05, 4.69) is 0 Å². The lowest BCUT2D eigenvalue weighted by Gasteiger charge is -2.26. The van der Waals surface area contributed by atoms with Gasteiger partial charge in [-0.3, -0.25) is 4.79 Å². The summed E-state index contributed by atoms with van der Waals surface area (Å²) in [6.07, 6.45) is 4.18. The molecular weight excluding hydrogens is 154 g/mol. The van der Waals surface area contributed by atoms with E-state index in [1.165, 1.54) is 13.5 Å². The first-order valence-corrected chi connectivity index (χ1v) is 4.55. The Labute approximate surface area is 73.3 Å². The van der Waals surface area contributed by atoms with E-state index in [-0.39, 0.29) is 11.9 Å². The summed E-state index contributed by atoms with van der Waals surface area (Å²) in [5.74, 6) is 0.577. The molecule has 70 valence electrons. The van der Waals surface area contributed by atoms with Crippen molar-refractivity contribution in [3.8, 4) is 0 Å². The van der Waals surface area contributed by atoms with Gasteiger partial charge in [-0.2, -0.15) is 0 Å². The van der Waals surface area contributed by atoms with E-state index in [0.717, 1.165) is 19.3 Å². The van der Waals surface area contributed by atoms with Gasteiger partial charge in [0, 0.05) is 0 Å². The van der Waals surface area contributed by atoms with Gasteiger partial charge in [0.15, 0.2) is 0 Å². The third-order valence-electron chi connectivity index (χ3n) is 2.65. The Hall–Kier alpha value is -0.570. The summed E-state index contributed by atoms with van der Waals surface area (Å²) in [6, 6.07) is 0. The van der Waals surface area contributed by atoms with Gasteiger partial charge in [-0.1, -0.05) is 6.42 Å². The molecule has 12 heavy (non-hydrogen) atoms. The number of hydrogen-bond donors (Lipinski definition) is 1. The van der Waals surface area contributed by atoms with E-state index < -0.39 is 0 Å². The number of rotatable bonds is 2. The summed E-state index contributed by atoms with van der Waals surface area (Å²) >= 11 is 0. The molecule has 0 bridgehead atoms. The van der Waals surface area contributed by atoms with Crippen molar-refractivity contribution in [2.24, 2.45) is 17.6 Å². The highest BCUT2D eigenvalue weighted by Crippen LogP contribution is 2.28. The molecule has 0 aliphatic heterocycles. The SMILES string of the molecule is COC(=O)[C@H]1CCC[C@@H](CN)C1. The zero-order valence-electron chi connectivity index (χ0n) is 7.58. The van der Waals surface area contributed by atoms with Crippen LogP contribution in [0.3, 0.4) is 0 Å². The van der Waals surface area contributed by atoms with Crippen LogP contribution in [0.1, 0.15) is 25.7 Å². The predicted octanol–water partition coefficient (Wildman–Crippen LogP) is 0.924. The fourth-order valence-corrected chi connectivity index (χ4v) is 1.89. The molecule has 0 aromatic heterocycles. The minimum atomic E-state index is -0.0619. The summed E-state index contributed by atoms with van der Waals surface area (Å²) < 4.78 is 4.70. The van der Waals surface area contributed by atoms with Crippen LogP contribution in [0.4, 0.5) is 0 Å². The molecule has 1 fully saturated rings. The van der Waals surface area contributed by atoms with Crippen molar-refractivity contribution in [1.82, 2.24) is 0 Å². The zero-order valence-corrected chi connectivity index (χ0v) is 7.58. The molecule has 3 nitrogen and oxygen atoms in total. The van der Waals surface area contributed by atoms with Crippen molar-refractivity contribution >= 4 is 5.97 Å². The van der Waals surface area contributed by atoms with Crippen LogP contribution >= 0.6 is 0 Å². The fraction of sp³-hybridized carbons (Fsp3) is 0.889. The number of hydrogen-bond acceptors (Lipinski definition) is 3. The summed E-state index contributed by atoms with van der Waals surface area (Å²) in [5.41, 5.74) is 5.55. The maximum Gasteiger partial charge on any atom is 0.308 e. The summed E-state index contributed by atoms with van der Waals surface area (Å²) in [5, 5.41) is 0. The Bertz CT molecular complexity index is 159. The second kappa shape index (κ2) is 4.45. The van der Waals surface area contributed by atoms with Crippen LogP contribution in [0.2, 0.25) is 0 Å². The van der Waals surface area contributed by atoms with Crippen molar-refractivity contribution < 1.29 is 9.53 Å². The predicted molar refractivity (Wildman–Crippen MR) is 46.5 cm³/mol. The molecule has 0 radical (unpaired) electrons. The largest absolute Gasteiger partial charge is 0.469 e. The van der Waals surface area contributed by atoms with E-state index in [0.29, 0.717) is 12.5 Å². The third-order valence-corrected chi connectivity index (χ3v) is 2.65. The molecule has 2 N–H and O–H groups in total. The van der Waals surface area contributed by atoms with Crippen LogP contribution in [0, 0.1) is 11.8 Å². The Balaban J connectivity index is 2.40. The van der Waals surface area contributed by atoms with Crippen molar-refractivity contribution in [1.29, 1.82) is 0 Å². The Kier molecular flexibility index (Phi) is 3.53. The molecule has 0 saturated heterocycles. The van der Waals surface area contributed by atoms with Crippen LogP contribution in [-0.2, 0) is 9.53 Å². The highest BCUT2D eigenvalue weighted by Gasteiger charge is 2.26. The van der Waals surface area contributed by atoms with Crippen LogP contribution in [-0.4, -0.2) is 19.6 Å². The third kappa shape index (κ3) is 2.21. The minimum Gasteiger partial charge on any atom is -0.469 e. The number of ether oxygens (including phenoxy) is 1. The number of esters is 1. The monoisotopic (exact) mass is 171 g/mol. The number of nitrogens with two attached hydrogens (primary N) is 1. The second-order valence-electron chi connectivity index (χ2n) is 3.49. The summed E-state index contributed by atoms with van der Waals surface area (Å²) in [7, 11) is 1.45. The first-order valence-electron chi connectivity index (χ1n) is 4.55. The van der Waals surface area contributed by atoms with E-state index in [9.17, 15) is 4.79 Å². The average Bonchev–Trinajstić information content (AvgIpc) is 2.17. The van der Waals surface area contributed by atoms with Gasteiger partial charge >= 0.3 is 5.97 Å². The topological polar surface area (TPSA) is 52.3 Å². The first kappa shape index (κ1) is 9.52. The van der Waals surface area contributed by atoms with Gasteiger partial charge < -0.3 is 10.5 Å². The lowest BCUT2D eigenvalue weighted by atomic mass is 9.81. The van der Waals surface area contributed by atoms with Crippen molar-refractivity contribution in [3.63, 3.8) is 0 Å². The molecule has 3 heteroatoms. The Morgan fingerprint density at radius 2 is 2.33 bits per heavy atom. The van der Waals surface area contributed by atoms with E-state index in [4.69, 9.17) is 10.5 Å². The molecular formula is C9H17NO2. The molecule has 0 amide bonds. The van der Waals surface area contributed by atoms with E-state index in [1.807, 2.05) is 0 Å². The first-order chi connectivity index (χ1) is 5.77. The maximum atomic E-state index is 11.2. The smallest absolute Gasteiger partial charge is 0.308 e. The van der Waals surface area contributed by atoms with E-state index in [1.54, 1.807) is 0 Å². The molecule has 0 spiro atoms. The fourth-order valence-electron chi connectivity index (χ4n) is 1.89. The van der Waals surface area contributed by atoms with Crippen molar-refractivity contribution in [3.05, 3.63) is 0 Å². The molecule has 0 heterocycles. The number of methoxy groups -OCH3 is 1. The maximum absolute atomic E-state index is 11.2. The quantitative estimate of drug-likeness (QED) is 0.629. The molecule has 0 aromatic rings. The molecule has 0 unspecified atom stereocenters. The second-order valence-corrected chi connectivity index (χ2v) is 3.49. The average molecular weight is 171 g/mol. The standard InChI is InChI=1S/C9H17NO2/c1-12-9(11)8-4-2-3-7(5-8)6-10/h7-8H,2-6,10H2,1H3/t7-,8+/m1/s1. The molecule has 2 atom stereocenters. The molecule has 1 aliphatic carbocycles. The van der Waals surface area contributed by atoms with Crippen LogP contribution in [0.25, 0.3) is 0 Å². The normalized spacial score (nSPS) is 29.8. The van der Waals surface area contributed by atoms with Crippen LogP contribution in [0.5, 0.6) is 0 Å². The van der Waals surface area contributed by atoms with Gasteiger partial charge in [-0.05, 0) is 31.7 Å². The summed E-state index contributed by atoms with van der Waals surface area (Å²) in [4.78, 5) is 11.2. The zero-order chi connectivity index (χ0) is 8.97. The Morgan fingerprint density at radius 1 is 1.58 bits per heavy atom. The van der Waals surface area contributed by atoms with Crippen molar-refractivity contribution in [2.45, 2.75) is 25.7 Å². The van der Waals surface area contributed by atoms with Crippen molar-refractivity contribution in [2.75, 3.05) is 13.7 Å². The molecule has 1 rings (SSSR count). The van der Waals surface area contributed by atoms with Gasteiger partial charge in [-0.15, -0.1) is 0 Å². The minimum absolute atomic E-state index is 0.0619. The molecule has 1 saturated carbocycles. The number of carbonyl (C=O) groups is 1. The van der Waals surface area contributed by atoms with Gasteiger partial charge in [0.05, 0.1) is 13.0 Å². The Morgan fingerprint density at radius 3 is 2.92 bits per heavy atom. The lowest BCUT2D eigenvalue weighted by Crippen LogP contribution is -2.27. The highest BCUT2D eigenvalue weighted by atomic mass is 16.5. The molecule has 1 aliphatic rings. The lowest BCUT2D eigenvalue weighted by molar-refractivity contribution is -0.147. The van der Waals surface area contributed by atoms with Gasteiger partial charge in [0.1, 0.15) is 0 Å². The highest BCUT2D eigenvalue weighted by molar-refractivity contribution is 5.72. The number of carbonyl (C=O) groups excluding carboxylic acids is 1. The molecule has 0 aromatic carbocycles. The van der Waals surface area contributed by atoms with Gasteiger partial charge in [0.25, 0.3) is 0 Å². The van der Waals surface area contributed by atoms with Gasteiger partial charge in [0.2, 0.25) is 0 Å². The summed E-state index contributed by atoms with van der Waals surface area (Å²) in [6.45, 7) is 0.702. The van der Waals surface area contributed by atoms with Crippen LogP contribution in [0.15, 0.2) is 0 Å². The van der Waals surface area contributed by atoms with Crippen LogP contribution < -0.4 is 5.73 Å².